The second kappa shape index (κ2) is 7.51. The Labute approximate surface area is 162 Å². The van der Waals surface area contributed by atoms with E-state index in [1.54, 1.807) is 19.5 Å². The second-order valence-corrected chi connectivity index (χ2v) is 6.51. The number of methoxy groups -OCH3 is 1. The van der Waals surface area contributed by atoms with Gasteiger partial charge >= 0.3 is 0 Å². The lowest BCUT2D eigenvalue weighted by molar-refractivity contribution is 0.414. The van der Waals surface area contributed by atoms with Gasteiger partial charge in [-0.25, -0.2) is 14.6 Å². The molecular weight excluding hydrogens is 354 g/mol. The average Bonchev–Trinajstić information content (AvgIpc) is 3.37. The van der Waals surface area contributed by atoms with Gasteiger partial charge in [0.2, 0.25) is 5.95 Å². The van der Waals surface area contributed by atoms with Crippen molar-refractivity contribution in [1.29, 1.82) is 0 Å². The summed E-state index contributed by atoms with van der Waals surface area (Å²) in [6.07, 6.45) is 5.51. The number of aromatic nitrogens is 6. The van der Waals surface area contributed by atoms with E-state index >= 15 is 0 Å². The fraction of sp³-hybridized carbons (Fsp3) is 0.200. The highest BCUT2D eigenvalue weighted by Gasteiger charge is 2.11. The Hall–Kier alpha value is -3.68. The number of rotatable bonds is 6. The first kappa shape index (κ1) is 17.7. The van der Waals surface area contributed by atoms with E-state index in [1.165, 1.54) is 0 Å². The van der Waals surface area contributed by atoms with Crippen molar-refractivity contribution in [2.24, 2.45) is 0 Å². The summed E-state index contributed by atoms with van der Waals surface area (Å²) in [7, 11) is 3.60. The Bertz CT molecular complexity index is 1070. The van der Waals surface area contributed by atoms with Crippen LogP contribution in [0.2, 0.25) is 0 Å². The zero-order chi connectivity index (χ0) is 19.5. The SMILES string of the molecule is COc1ccc(-n2cc(-c3ccnc(N(C)Cc4cc(C)[nH]n4)n3)cn2)cc1. The molecule has 0 atom stereocenters. The van der Waals surface area contributed by atoms with Crippen LogP contribution in [0.15, 0.2) is 55.0 Å². The number of H-pyrrole nitrogens is 1. The van der Waals surface area contributed by atoms with Crippen LogP contribution in [0.5, 0.6) is 5.75 Å². The van der Waals surface area contributed by atoms with Crippen LogP contribution in [-0.4, -0.2) is 44.1 Å². The van der Waals surface area contributed by atoms with E-state index in [0.29, 0.717) is 12.5 Å². The molecule has 0 saturated carbocycles. The third kappa shape index (κ3) is 3.71. The highest BCUT2D eigenvalue weighted by molar-refractivity contribution is 5.59. The van der Waals surface area contributed by atoms with Gasteiger partial charge in [0, 0.05) is 30.7 Å². The van der Waals surface area contributed by atoms with E-state index in [4.69, 9.17) is 4.74 Å². The highest BCUT2D eigenvalue weighted by atomic mass is 16.5. The molecule has 1 aromatic carbocycles. The minimum atomic E-state index is 0.624. The molecule has 0 amide bonds. The van der Waals surface area contributed by atoms with Crippen LogP contribution < -0.4 is 9.64 Å². The molecule has 0 aliphatic heterocycles. The summed E-state index contributed by atoms with van der Waals surface area (Å²) in [6, 6.07) is 11.6. The summed E-state index contributed by atoms with van der Waals surface area (Å²) in [5, 5.41) is 11.7. The maximum Gasteiger partial charge on any atom is 0.225 e. The zero-order valence-electron chi connectivity index (χ0n) is 16.0. The van der Waals surface area contributed by atoms with Crippen molar-refractivity contribution in [1.82, 2.24) is 29.9 Å². The largest absolute Gasteiger partial charge is 0.497 e. The fourth-order valence-electron chi connectivity index (χ4n) is 2.89. The maximum absolute atomic E-state index is 5.20. The van der Waals surface area contributed by atoms with Gasteiger partial charge in [-0.2, -0.15) is 10.2 Å². The summed E-state index contributed by atoms with van der Waals surface area (Å²) < 4.78 is 7.01. The molecule has 0 bridgehead atoms. The molecule has 3 heterocycles. The maximum atomic E-state index is 5.20. The van der Waals surface area contributed by atoms with Crippen molar-refractivity contribution in [3.63, 3.8) is 0 Å². The third-order valence-corrected chi connectivity index (χ3v) is 4.36. The van der Waals surface area contributed by atoms with Crippen LogP contribution in [0.25, 0.3) is 16.9 Å². The topological polar surface area (TPSA) is 84.8 Å². The number of anilines is 1. The van der Waals surface area contributed by atoms with Crippen molar-refractivity contribution in [3.8, 4) is 22.7 Å². The van der Waals surface area contributed by atoms with E-state index in [-0.39, 0.29) is 0 Å². The van der Waals surface area contributed by atoms with E-state index in [9.17, 15) is 0 Å². The molecule has 142 valence electrons. The number of hydrogen-bond donors (Lipinski definition) is 1. The minimum Gasteiger partial charge on any atom is -0.497 e. The number of hydrogen-bond acceptors (Lipinski definition) is 6. The standard InChI is InChI=1S/C20H21N7O/c1-14-10-16(25-24-14)13-26(2)20-21-9-8-19(23-20)15-11-22-27(12-15)17-4-6-18(28-3)7-5-17/h4-12H,13H2,1-3H3,(H,24,25). The van der Waals surface area contributed by atoms with Crippen LogP contribution in [0.4, 0.5) is 5.95 Å². The molecule has 28 heavy (non-hydrogen) atoms. The van der Waals surface area contributed by atoms with Crippen molar-refractivity contribution in [2.45, 2.75) is 13.5 Å². The molecule has 0 spiro atoms. The quantitative estimate of drug-likeness (QED) is 0.558. The Morgan fingerprint density at radius 2 is 2.00 bits per heavy atom. The molecule has 0 aliphatic carbocycles. The Kier molecular flexibility index (Phi) is 4.76. The van der Waals surface area contributed by atoms with Gasteiger partial charge in [0.05, 0.1) is 36.9 Å². The number of ether oxygens (including phenoxy) is 1. The molecule has 8 nitrogen and oxygen atoms in total. The fourth-order valence-corrected chi connectivity index (χ4v) is 2.89. The van der Waals surface area contributed by atoms with E-state index in [0.717, 1.165) is 34.1 Å². The first-order valence-electron chi connectivity index (χ1n) is 8.87. The zero-order valence-corrected chi connectivity index (χ0v) is 16.0. The number of aryl methyl sites for hydroxylation is 1. The molecule has 0 radical (unpaired) electrons. The molecule has 1 N–H and O–H groups in total. The van der Waals surface area contributed by atoms with Gasteiger partial charge in [-0.1, -0.05) is 0 Å². The van der Waals surface area contributed by atoms with Gasteiger partial charge in [-0.15, -0.1) is 0 Å². The summed E-state index contributed by atoms with van der Waals surface area (Å²) in [5.41, 5.74) is 4.66. The van der Waals surface area contributed by atoms with Gasteiger partial charge < -0.3 is 9.64 Å². The Morgan fingerprint density at radius 1 is 1.18 bits per heavy atom. The number of benzene rings is 1. The molecule has 0 fully saturated rings. The van der Waals surface area contributed by atoms with Gasteiger partial charge in [0.25, 0.3) is 0 Å². The van der Waals surface area contributed by atoms with Crippen molar-refractivity contribution in [2.75, 3.05) is 19.1 Å². The van der Waals surface area contributed by atoms with Gasteiger partial charge in [0.15, 0.2) is 0 Å². The normalized spacial score (nSPS) is 10.8. The van der Waals surface area contributed by atoms with Gasteiger partial charge in [-0.05, 0) is 43.3 Å². The third-order valence-electron chi connectivity index (χ3n) is 4.36. The monoisotopic (exact) mass is 375 g/mol. The predicted octanol–water partition coefficient (Wildman–Crippen LogP) is 3.01. The molecule has 0 aliphatic rings. The predicted molar refractivity (Wildman–Crippen MR) is 107 cm³/mol. The van der Waals surface area contributed by atoms with Crippen LogP contribution >= 0.6 is 0 Å². The molecule has 4 rings (SSSR count). The Balaban J connectivity index is 1.55. The molecule has 8 heteroatoms. The molecule has 4 aromatic rings. The summed E-state index contributed by atoms with van der Waals surface area (Å²) in [6.45, 7) is 2.60. The van der Waals surface area contributed by atoms with Crippen LogP contribution in [0.3, 0.4) is 0 Å². The lowest BCUT2D eigenvalue weighted by Crippen LogP contribution is -2.19. The van der Waals surface area contributed by atoms with Crippen LogP contribution in [-0.2, 0) is 6.54 Å². The first-order valence-corrected chi connectivity index (χ1v) is 8.87. The van der Waals surface area contributed by atoms with Crippen molar-refractivity contribution >= 4 is 5.95 Å². The van der Waals surface area contributed by atoms with E-state index in [2.05, 4.69) is 25.3 Å². The van der Waals surface area contributed by atoms with Gasteiger partial charge in [0.1, 0.15) is 5.75 Å². The van der Waals surface area contributed by atoms with Crippen LogP contribution in [0.1, 0.15) is 11.4 Å². The smallest absolute Gasteiger partial charge is 0.225 e. The van der Waals surface area contributed by atoms with Crippen molar-refractivity contribution in [3.05, 3.63) is 66.4 Å². The lowest BCUT2D eigenvalue weighted by Gasteiger charge is -2.15. The Morgan fingerprint density at radius 3 is 2.71 bits per heavy atom. The van der Waals surface area contributed by atoms with Crippen molar-refractivity contribution < 1.29 is 4.74 Å². The van der Waals surface area contributed by atoms with E-state index < -0.39 is 0 Å². The number of nitrogens with zero attached hydrogens (tertiary/aromatic N) is 6. The number of nitrogens with one attached hydrogen (secondary N) is 1. The van der Waals surface area contributed by atoms with E-state index in [1.807, 2.05) is 66.1 Å². The van der Waals surface area contributed by atoms with Gasteiger partial charge in [-0.3, -0.25) is 5.10 Å². The highest BCUT2D eigenvalue weighted by Crippen LogP contribution is 2.21. The van der Waals surface area contributed by atoms with Crippen LogP contribution in [0, 0.1) is 6.92 Å². The molecule has 0 unspecified atom stereocenters. The number of aromatic amines is 1. The minimum absolute atomic E-state index is 0.624. The second-order valence-electron chi connectivity index (χ2n) is 6.51. The molecule has 3 aromatic heterocycles. The summed E-state index contributed by atoms with van der Waals surface area (Å²) in [5.74, 6) is 1.45. The lowest BCUT2D eigenvalue weighted by atomic mass is 10.2. The average molecular weight is 375 g/mol. The first-order chi connectivity index (χ1) is 13.6. The molecule has 0 saturated heterocycles. The summed E-state index contributed by atoms with van der Waals surface area (Å²) in [4.78, 5) is 11.0. The summed E-state index contributed by atoms with van der Waals surface area (Å²) >= 11 is 0. The molecular formula is C20H21N7O.